The van der Waals surface area contributed by atoms with Crippen LogP contribution in [-0.4, -0.2) is 47.4 Å². The molecule has 0 radical (unpaired) electrons. The summed E-state index contributed by atoms with van der Waals surface area (Å²) in [6.45, 7) is 5.53. The van der Waals surface area contributed by atoms with Crippen LogP contribution < -0.4 is 5.73 Å². The second-order valence-electron chi connectivity index (χ2n) is 3.65. The first-order valence-corrected chi connectivity index (χ1v) is 7.13. The van der Waals surface area contributed by atoms with Gasteiger partial charge in [-0.05, 0) is 13.3 Å². The number of rotatable bonds is 10. The molecule has 0 aliphatic heterocycles. The molecule has 1 rings (SSSR count). The lowest BCUT2D eigenvalue weighted by molar-refractivity contribution is 0.113. The van der Waals surface area contributed by atoms with Crippen molar-refractivity contribution in [3.05, 3.63) is 5.82 Å². The van der Waals surface area contributed by atoms with Gasteiger partial charge < -0.3 is 19.8 Å². The van der Waals surface area contributed by atoms with Crippen molar-refractivity contribution in [1.82, 2.24) is 14.8 Å². The first kappa shape index (κ1) is 15.4. The Bertz CT molecular complexity index is 333. The molecule has 0 saturated carbocycles. The summed E-state index contributed by atoms with van der Waals surface area (Å²) in [6, 6.07) is 0. The molecule has 0 aliphatic rings. The first-order valence-electron chi connectivity index (χ1n) is 6.15. The Balaban J connectivity index is 2.21. The molecule has 0 fully saturated rings. The van der Waals surface area contributed by atoms with E-state index in [0.29, 0.717) is 13.2 Å². The Morgan fingerprint density at radius 2 is 2.11 bits per heavy atom. The topological polar surface area (TPSA) is 75.2 Å². The average molecular weight is 274 g/mol. The predicted molar refractivity (Wildman–Crippen MR) is 71.6 cm³/mol. The molecule has 0 saturated heterocycles. The summed E-state index contributed by atoms with van der Waals surface area (Å²) in [7, 11) is 1.70. The van der Waals surface area contributed by atoms with Crippen LogP contribution in [0.25, 0.3) is 0 Å². The van der Waals surface area contributed by atoms with Crippen molar-refractivity contribution in [2.24, 2.45) is 5.73 Å². The minimum absolute atomic E-state index is 0.426. The van der Waals surface area contributed by atoms with Crippen LogP contribution in [0.15, 0.2) is 5.16 Å². The summed E-state index contributed by atoms with van der Waals surface area (Å²) in [5.41, 5.74) is 5.59. The maximum Gasteiger partial charge on any atom is 0.191 e. The normalized spacial score (nSPS) is 11.1. The number of methoxy groups -OCH3 is 1. The quantitative estimate of drug-likeness (QED) is 0.505. The largest absolute Gasteiger partial charge is 0.385 e. The Morgan fingerprint density at radius 1 is 1.28 bits per heavy atom. The lowest BCUT2D eigenvalue weighted by Crippen LogP contribution is -2.08. The van der Waals surface area contributed by atoms with E-state index >= 15 is 0 Å². The van der Waals surface area contributed by atoms with Gasteiger partial charge in [-0.15, -0.1) is 10.2 Å². The molecule has 0 amide bonds. The summed E-state index contributed by atoms with van der Waals surface area (Å²) in [6.07, 6.45) is 0.934. The smallest absolute Gasteiger partial charge is 0.191 e. The van der Waals surface area contributed by atoms with Crippen LogP contribution in [0.4, 0.5) is 0 Å². The monoisotopic (exact) mass is 274 g/mol. The fourth-order valence-corrected chi connectivity index (χ4v) is 2.37. The van der Waals surface area contributed by atoms with Gasteiger partial charge in [0.15, 0.2) is 5.16 Å². The van der Waals surface area contributed by atoms with E-state index in [1.807, 2.05) is 4.57 Å². The lowest BCUT2D eigenvalue weighted by Gasteiger charge is -2.06. The SMILES string of the molecule is CCn1c(CN)nnc1SCCOCCCOC. The molecule has 0 aliphatic carbocycles. The molecular formula is C11H22N4O2S. The highest BCUT2D eigenvalue weighted by Crippen LogP contribution is 2.16. The lowest BCUT2D eigenvalue weighted by atomic mass is 10.5. The number of thioether (sulfide) groups is 1. The molecule has 0 spiro atoms. The van der Waals surface area contributed by atoms with E-state index in [1.165, 1.54) is 0 Å². The van der Waals surface area contributed by atoms with Gasteiger partial charge in [0.25, 0.3) is 0 Å². The van der Waals surface area contributed by atoms with Crippen LogP contribution in [0.1, 0.15) is 19.2 Å². The van der Waals surface area contributed by atoms with E-state index in [4.69, 9.17) is 15.2 Å². The molecule has 1 heterocycles. The van der Waals surface area contributed by atoms with Gasteiger partial charge in [0, 0.05) is 32.6 Å². The van der Waals surface area contributed by atoms with E-state index in [0.717, 1.165) is 42.9 Å². The Labute approximate surface area is 112 Å². The van der Waals surface area contributed by atoms with Gasteiger partial charge in [0.1, 0.15) is 5.82 Å². The molecule has 0 aromatic carbocycles. The van der Waals surface area contributed by atoms with E-state index < -0.39 is 0 Å². The van der Waals surface area contributed by atoms with Gasteiger partial charge in [-0.25, -0.2) is 0 Å². The predicted octanol–water partition coefficient (Wildman–Crippen LogP) is 0.902. The number of nitrogens with two attached hydrogens (primary N) is 1. The molecule has 0 bridgehead atoms. The van der Waals surface area contributed by atoms with Crippen molar-refractivity contribution in [2.45, 2.75) is 31.6 Å². The highest BCUT2D eigenvalue weighted by atomic mass is 32.2. The van der Waals surface area contributed by atoms with E-state index in [1.54, 1.807) is 18.9 Å². The van der Waals surface area contributed by atoms with Gasteiger partial charge in [0.2, 0.25) is 0 Å². The first-order chi connectivity index (χ1) is 8.83. The number of hydrogen-bond donors (Lipinski definition) is 1. The maximum atomic E-state index is 5.59. The molecule has 1 aromatic heterocycles. The molecule has 1 aromatic rings. The minimum atomic E-state index is 0.426. The summed E-state index contributed by atoms with van der Waals surface area (Å²) in [5.74, 6) is 1.70. The minimum Gasteiger partial charge on any atom is -0.385 e. The summed E-state index contributed by atoms with van der Waals surface area (Å²) in [5, 5.41) is 9.10. The zero-order valence-electron chi connectivity index (χ0n) is 11.1. The molecule has 2 N–H and O–H groups in total. The zero-order chi connectivity index (χ0) is 13.2. The molecule has 18 heavy (non-hydrogen) atoms. The summed E-state index contributed by atoms with van der Waals surface area (Å²) < 4.78 is 12.5. The zero-order valence-corrected chi connectivity index (χ0v) is 11.9. The second-order valence-corrected chi connectivity index (χ2v) is 4.72. The van der Waals surface area contributed by atoms with Gasteiger partial charge in [-0.2, -0.15) is 0 Å². The number of nitrogens with zero attached hydrogens (tertiary/aromatic N) is 3. The molecule has 0 unspecified atom stereocenters. The Hall–Kier alpha value is -0.630. The average Bonchev–Trinajstić information content (AvgIpc) is 2.79. The third-order valence-electron chi connectivity index (χ3n) is 2.39. The van der Waals surface area contributed by atoms with E-state index in [9.17, 15) is 0 Å². The highest BCUT2D eigenvalue weighted by Gasteiger charge is 2.09. The third-order valence-corrected chi connectivity index (χ3v) is 3.32. The van der Waals surface area contributed by atoms with E-state index in [2.05, 4.69) is 17.1 Å². The van der Waals surface area contributed by atoms with Crippen molar-refractivity contribution in [2.75, 3.05) is 32.7 Å². The van der Waals surface area contributed by atoms with Crippen molar-refractivity contribution < 1.29 is 9.47 Å². The maximum absolute atomic E-state index is 5.59. The van der Waals surface area contributed by atoms with Crippen molar-refractivity contribution >= 4 is 11.8 Å². The van der Waals surface area contributed by atoms with Gasteiger partial charge in [0.05, 0.1) is 13.2 Å². The van der Waals surface area contributed by atoms with Crippen molar-refractivity contribution in [1.29, 1.82) is 0 Å². The van der Waals surface area contributed by atoms with Crippen LogP contribution in [0.3, 0.4) is 0 Å². The van der Waals surface area contributed by atoms with Crippen LogP contribution >= 0.6 is 11.8 Å². The molecule has 6 nitrogen and oxygen atoms in total. The molecule has 0 atom stereocenters. The van der Waals surface area contributed by atoms with Crippen LogP contribution in [0.2, 0.25) is 0 Å². The highest BCUT2D eigenvalue weighted by molar-refractivity contribution is 7.99. The van der Waals surface area contributed by atoms with Crippen LogP contribution in [-0.2, 0) is 22.6 Å². The molecular weight excluding hydrogens is 252 g/mol. The van der Waals surface area contributed by atoms with Crippen LogP contribution in [0, 0.1) is 0 Å². The fraction of sp³-hybridized carbons (Fsp3) is 0.818. The van der Waals surface area contributed by atoms with Gasteiger partial charge in [-0.1, -0.05) is 11.8 Å². The molecule has 7 heteroatoms. The second kappa shape index (κ2) is 9.32. The van der Waals surface area contributed by atoms with Crippen molar-refractivity contribution in [3.63, 3.8) is 0 Å². The van der Waals surface area contributed by atoms with Gasteiger partial charge >= 0.3 is 0 Å². The summed E-state index contributed by atoms with van der Waals surface area (Å²) in [4.78, 5) is 0. The number of aromatic nitrogens is 3. The summed E-state index contributed by atoms with van der Waals surface area (Å²) >= 11 is 1.65. The van der Waals surface area contributed by atoms with Crippen LogP contribution in [0.5, 0.6) is 0 Å². The van der Waals surface area contributed by atoms with Crippen molar-refractivity contribution in [3.8, 4) is 0 Å². The third kappa shape index (κ3) is 4.93. The van der Waals surface area contributed by atoms with Gasteiger partial charge in [-0.3, -0.25) is 0 Å². The molecule has 104 valence electrons. The van der Waals surface area contributed by atoms with E-state index in [-0.39, 0.29) is 0 Å². The Kier molecular flexibility index (Phi) is 7.99. The Morgan fingerprint density at radius 3 is 2.78 bits per heavy atom. The number of ether oxygens (including phenoxy) is 2. The number of hydrogen-bond acceptors (Lipinski definition) is 6. The standard InChI is InChI=1S/C11H22N4O2S/c1-3-15-10(9-12)13-14-11(15)18-8-7-17-6-4-5-16-2/h3-9,12H2,1-2H3. The fourth-order valence-electron chi connectivity index (χ4n) is 1.49.